The predicted octanol–water partition coefficient (Wildman–Crippen LogP) is 5.15. The van der Waals surface area contributed by atoms with Crippen molar-refractivity contribution in [3.63, 3.8) is 0 Å². The van der Waals surface area contributed by atoms with Crippen LogP contribution in [0.3, 0.4) is 0 Å². The molecular weight excluding hydrogens is 327 g/mol. The van der Waals surface area contributed by atoms with Gasteiger partial charge < -0.3 is 5.32 Å². The molecule has 0 bridgehead atoms. The van der Waals surface area contributed by atoms with Gasteiger partial charge in [-0.25, -0.2) is 0 Å². The van der Waals surface area contributed by atoms with Gasteiger partial charge in [-0.3, -0.25) is 4.68 Å². The van der Waals surface area contributed by atoms with Crippen molar-refractivity contribution in [1.29, 1.82) is 0 Å². The molecule has 0 spiro atoms. The first kappa shape index (κ1) is 17.7. The molecule has 0 aliphatic carbocycles. The third kappa shape index (κ3) is 3.80. The van der Waals surface area contributed by atoms with Gasteiger partial charge in [0.05, 0.1) is 16.9 Å². The molecule has 1 N–H and O–H groups in total. The number of benzene rings is 1. The quantitative estimate of drug-likeness (QED) is 0.812. The number of nitrogens with one attached hydrogen (secondary N) is 1. The average Bonchev–Trinajstić information content (AvgIpc) is 2.87. The number of aryl methyl sites for hydroxylation is 2. The van der Waals surface area contributed by atoms with Crippen LogP contribution >= 0.6 is 11.6 Å². The van der Waals surface area contributed by atoms with E-state index < -0.39 is 12.2 Å². The zero-order chi connectivity index (χ0) is 17.2. The number of nitrogens with zero attached hydrogens (tertiary/aromatic N) is 2. The number of aromatic nitrogens is 2. The summed E-state index contributed by atoms with van der Waals surface area (Å²) >= 11 is 6.22. The van der Waals surface area contributed by atoms with Crippen molar-refractivity contribution in [1.82, 2.24) is 9.78 Å². The maximum absolute atomic E-state index is 12.7. The van der Waals surface area contributed by atoms with Gasteiger partial charge in [-0.1, -0.05) is 24.6 Å². The molecule has 126 valence electrons. The van der Waals surface area contributed by atoms with Crippen LogP contribution in [0.4, 0.5) is 18.9 Å². The van der Waals surface area contributed by atoms with Crippen LogP contribution in [-0.4, -0.2) is 22.0 Å². The summed E-state index contributed by atoms with van der Waals surface area (Å²) in [4.78, 5) is 0. The van der Waals surface area contributed by atoms with Crippen LogP contribution in [0.25, 0.3) is 11.3 Å². The second-order valence-corrected chi connectivity index (χ2v) is 5.70. The molecule has 0 aliphatic rings. The molecule has 1 aromatic carbocycles. The molecule has 0 aliphatic heterocycles. The van der Waals surface area contributed by atoms with Crippen molar-refractivity contribution in [3.8, 4) is 11.3 Å². The molecule has 1 unspecified atom stereocenters. The van der Waals surface area contributed by atoms with Gasteiger partial charge in [-0.05, 0) is 38.0 Å². The van der Waals surface area contributed by atoms with Crippen LogP contribution in [-0.2, 0) is 13.0 Å². The smallest absolute Gasteiger partial charge is 0.374 e. The van der Waals surface area contributed by atoms with E-state index in [4.69, 9.17) is 11.6 Å². The van der Waals surface area contributed by atoms with Crippen LogP contribution in [0, 0.1) is 0 Å². The van der Waals surface area contributed by atoms with Gasteiger partial charge in [0.2, 0.25) is 0 Å². The Morgan fingerprint density at radius 3 is 2.57 bits per heavy atom. The van der Waals surface area contributed by atoms with E-state index in [0.717, 1.165) is 23.7 Å². The number of hydrogen-bond acceptors (Lipinski definition) is 2. The van der Waals surface area contributed by atoms with Crippen molar-refractivity contribution in [2.75, 3.05) is 5.32 Å². The number of anilines is 1. The average molecular weight is 346 g/mol. The zero-order valence-electron chi connectivity index (χ0n) is 13.2. The van der Waals surface area contributed by atoms with E-state index in [0.29, 0.717) is 23.7 Å². The summed E-state index contributed by atoms with van der Waals surface area (Å²) in [7, 11) is 0. The third-order valence-corrected chi connectivity index (χ3v) is 3.99. The summed E-state index contributed by atoms with van der Waals surface area (Å²) in [6.45, 7) is 5.68. The topological polar surface area (TPSA) is 29.9 Å². The lowest BCUT2D eigenvalue weighted by atomic mass is 10.0. The fourth-order valence-electron chi connectivity index (χ4n) is 2.41. The second-order valence-electron chi connectivity index (χ2n) is 5.29. The molecule has 0 fully saturated rings. The van der Waals surface area contributed by atoms with Crippen molar-refractivity contribution in [3.05, 3.63) is 35.0 Å². The highest BCUT2D eigenvalue weighted by atomic mass is 35.5. The van der Waals surface area contributed by atoms with Crippen LogP contribution < -0.4 is 5.32 Å². The van der Waals surface area contributed by atoms with Crippen molar-refractivity contribution in [2.24, 2.45) is 0 Å². The number of alkyl halides is 3. The molecule has 0 amide bonds. The zero-order valence-corrected chi connectivity index (χ0v) is 14.0. The Kier molecular flexibility index (Phi) is 5.24. The Balaban J connectivity index is 2.39. The molecule has 1 aromatic heterocycles. The van der Waals surface area contributed by atoms with Gasteiger partial charge >= 0.3 is 6.18 Å². The van der Waals surface area contributed by atoms with Crippen LogP contribution in [0.15, 0.2) is 24.4 Å². The monoisotopic (exact) mass is 345 g/mol. The van der Waals surface area contributed by atoms with Gasteiger partial charge in [-0.15, -0.1) is 0 Å². The lowest BCUT2D eigenvalue weighted by Gasteiger charge is -2.20. The Morgan fingerprint density at radius 1 is 1.30 bits per heavy atom. The number of rotatable bonds is 5. The maximum atomic E-state index is 12.7. The van der Waals surface area contributed by atoms with Crippen LogP contribution in [0.1, 0.15) is 26.3 Å². The number of halogens is 4. The molecular formula is C16H19ClF3N3. The summed E-state index contributed by atoms with van der Waals surface area (Å²) in [5.41, 5.74) is 3.04. The summed E-state index contributed by atoms with van der Waals surface area (Å²) < 4.78 is 39.8. The van der Waals surface area contributed by atoms with E-state index >= 15 is 0 Å². The normalized spacial score (nSPS) is 13.2. The van der Waals surface area contributed by atoms with Gasteiger partial charge in [0.25, 0.3) is 0 Å². The SMILES string of the molecule is CCc1cc(NC(C)C(F)(F)F)ccc1-c1c(Cl)cnn1CC. The second kappa shape index (κ2) is 6.83. The Hall–Kier alpha value is -1.69. The molecule has 0 saturated heterocycles. The lowest BCUT2D eigenvalue weighted by Crippen LogP contribution is -2.33. The van der Waals surface area contributed by atoms with E-state index in [9.17, 15) is 13.2 Å². The van der Waals surface area contributed by atoms with E-state index in [1.165, 1.54) is 0 Å². The molecule has 1 heterocycles. The summed E-state index contributed by atoms with van der Waals surface area (Å²) in [6.07, 6.45) is -2.02. The van der Waals surface area contributed by atoms with E-state index in [1.807, 2.05) is 13.8 Å². The summed E-state index contributed by atoms with van der Waals surface area (Å²) in [6, 6.07) is 3.56. The minimum Gasteiger partial charge on any atom is -0.374 e. The standard InChI is InChI=1S/C16H19ClF3N3/c1-4-11-8-12(22-10(3)16(18,19)20)6-7-13(11)15-14(17)9-21-23(15)5-2/h6-10,22H,4-5H2,1-3H3. The van der Waals surface area contributed by atoms with Crippen molar-refractivity contribution < 1.29 is 13.2 Å². The molecule has 7 heteroatoms. The molecule has 0 saturated carbocycles. The van der Waals surface area contributed by atoms with Gasteiger partial charge in [0.1, 0.15) is 6.04 Å². The highest BCUT2D eigenvalue weighted by Crippen LogP contribution is 2.33. The number of hydrogen-bond donors (Lipinski definition) is 1. The molecule has 1 atom stereocenters. The van der Waals surface area contributed by atoms with Gasteiger partial charge in [0.15, 0.2) is 0 Å². The van der Waals surface area contributed by atoms with E-state index in [2.05, 4.69) is 10.4 Å². The molecule has 23 heavy (non-hydrogen) atoms. The first-order valence-electron chi connectivity index (χ1n) is 7.45. The Labute approximate surface area is 138 Å². The van der Waals surface area contributed by atoms with Crippen LogP contribution in [0.2, 0.25) is 5.02 Å². The lowest BCUT2D eigenvalue weighted by molar-refractivity contribution is -0.138. The summed E-state index contributed by atoms with van der Waals surface area (Å²) in [5.74, 6) is 0. The van der Waals surface area contributed by atoms with Gasteiger partial charge in [0, 0.05) is 17.8 Å². The highest BCUT2D eigenvalue weighted by molar-refractivity contribution is 6.33. The maximum Gasteiger partial charge on any atom is 0.408 e. The van der Waals surface area contributed by atoms with Gasteiger partial charge in [-0.2, -0.15) is 18.3 Å². The summed E-state index contributed by atoms with van der Waals surface area (Å²) in [5, 5.41) is 7.23. The largest absolute Gasteiger partial charge is 0.408 e. The highest BCUT2D eigenvalue weighted by Gasteiger charge is 2.35. The molecule has 3 nitrogen and oxygen atoms in total. The molecule has 2 aromatic rings. The van der Waals surface area contributed by atoms with E-state index in [-0.39, 0.29) is 0 Å². The van der Waals surface area contributed by atoms with Crippen LogP contribution in [0.5, 0.6) is 0 Å². The minimum absolute atomic E-state index is 0.439. The minimum atomic E-state index is -4.28. The predicted molar refractivity (Wildman–Crippen MR) is 86.9 cm³/mol. The molecule has 0 radical (unpaired) electrons. The Bertz CT molecular complexity index is 680. The first-order valence-corrected chi connectivity index (χ1v) is 7.83. The Morgan fingerprint density at radius 2 is 2.00 bits per heavy atom. The van der Waals surface area contributed by atoms with Crippen molar-refractivity contribution in [2.45, 2.75) is 46.0 Å². The third-order valence-electron chi connectivity index (χ3n) is 3.71. The molecule has 2 rings (SSSR count). The van der Waals surface area contributed by atoms with Crippen molar-refractivity contribution >= 4 is 17.3 Å². The fraction of sp³-hybridized carbons (Fsp3) is 0.438. The fourth-order valence-corrected chi connectivity index (χ4v) is 2.65. The van der Waals surface area contributed by atoms with E-state index in [1.54, 1.807) is 29.1 Å². The first-order chi connectivity index (χ1) is 10.8.